The Morgan fingerprint density at radius 1 is 0.651 bits per heavy atom. The summed E-state index contributed by atoms with van der Waals surface area (Å²) in [5.41, 5.74) is 0. The summed E-state index contributed by atoms with van der Waals surface area (Å²) < 4.78 is 10.4. The quantitative estimate of drug-likeness (QED) is 0.0475. The molecule has 0 saturated carbocycles. The van der Waals surface area contributed by atoms with E-state index in [1.54, 1.807) is 0 Å². The Kier molecular flexibility index (Phi) is 28.3. The Hall–Kier alpha value is -2.22. The number of unbranched alkanes of at least 4 members (excludes halogenated alkanes) is 6. The standard InChI is InChI=1S/C36H62O7/c1-4-5-6-7-8-9-10-11-12-15-18-21-25-33(38)34(39)26-23-28-35(40)42-30-32(29-37)43-36(41)27-22-19-16-13-14-17-20-24-31(2)3/h5-6,8-9,11-12,18,21,31-34,37-39H,4,7,10,13-17,19-20,22-30H2,1-3H3/b6-5-,9-8-,12-11-,21-18-/t32-,33-,34-/m0/s1. The predicted octanol–water partition coefficient (Wildman–Crippen LogP) is 7.69. The maximum absolute atomic E-state index is 12.1. The number of rotatable bonds is 28. The molecule has 0 heterocycles. The van der Waals surface area contributed by atoms with Crippen molar-refractivity contribution in [1.29, 1.82) is 0 Å². The van der Waals surface area contributed by atoms with Crippen molar-refractivity contribution in [3.05, 3.63) is 48.6 Å². The van der Waals surface area contributed by atoms with E-state index in [1.165, 1.54) is 32.1 Å². The molecule has 0 bridgehead atoms. The summed E-state index contributed by atoms with van der Waals surface area (Å²) in [5.74, 6) is -0.120. The first-order chi connectivity index (χ1) is 20.8. The normalized spacial score (nSPS) is 14.4. The molecule has 0 aromatic heterocycles. The van der Waals surface area contributed by atoms with Crippen LogP contribution in [0.15, 0.2) is 48.6 Å². The van der Waals surface area contributed by atoms with E-state index >= 15 is 0 Å². The largest absolute Gasteiger partial charge is 0.462 e. The lowest BCUT2D eigenvalue weighted by atomic mass is 10.0. The highest BCUT2D eigenvalue weighted by molar-refractivity contribution is 5.70. The molecule has 0 aromatic carbocycles. The Labute approximate surface area is 262 Å². The minimum atomic E-state index is -0.934. The highest BCUT2D eigenvalue weighted by atomic mass is 16.6. The second-order valence-electron chi connectivity index (χ2n) is 11.6. The third kappa shape index (κ3) is 28.3. The summed E-state index contributed by atoms with van der Waals surface area (Å²) in [5, 5.41) is 29.8. The van der Waals surface area contributed by atoms with Crippen molar-refractivity contribution >= 4 is 11.9 Å². The van der Waals surface area contributed by atoms with Gasteiger partial charge in [0.15, 0.2) is 6.10 Å². The fourth-order valence-corrected chi connectivity index (χ4v) is 4.35. The minimum Gasteiger partial charge on any atom is -0.462 e. The van der Waals surface area contributed by atoms with Gasteiger partial charge in [0.2, 0.25) is 0 Å². The monoisotopic (exact) mass is 606 g/mol. The lowest BCUT2D eigenvalue weighted by Crippen LogP contribution is -2.28. The molecule has 0 aliphatic rings. The molecular formula is C36H62O7. The third-order valence-electron chi connectivity index (χ3n) is 7.02. The Morgan fingerprint density at radius 3 is 1.77 bits per heavy atom. The smallest absolute Gasteiger partial charge is 0.306 e. The molecule has 43 heavy (non-hydrogen) atoms. The topological polar surface area (TPSA) is 113 Å². The minimum absolute atomic E-state index is 0.0668. The van der Waals surface area contributed by atoms with Crippen LogP contribution >= 0.6 is 0 Å². The van der Waals surface area contributed by atoms with Crippen molar-refractivity contribution in [2.45, 2.75) is 148 Å². The number of carbonyl (C=O) groups is 2. The fraction of sp³-hybridized carbons (Fsp3) is 0.722. The Balaban J connectivity index is 3.91. The zero-order valence-electron chi connectivity index (χ0n) is 27.3. The Bertz CT molecular complexity index is 784. The molecule has 0 spiro atoms. The van der Waals surface area contributed by atoms with Gasteiger partial charge in [0, 0.05) is 12.8 Å². The highest BCUT2D eigenvalue weighted by Gasteiger charge is 2.18. The first kappa shape index (κ1) is 40.8. The molecule has 7 heteroatoms. The van der Waals surface area contributed by atoms with Gasteiger partial charge in [-0.05, 0) is 57.3 Å². The van der Waals surface area contributed by atoms with E-state index in [0.717, 1.165) is 50.9 Å². The van der Waals surface area contributed by atoms with Crippen LogP contribution < -0.4 is 0 Å². The summed E-state index contributed by atoms with van der Waals surface area (Å²) in [6.07, 6.45) is 27.9. The molecule has 0 radical (unpaired) electrons. The van der Waals surface area contributed by atoms with Crippen LogP contribution in [-0.2, 0) is 19.1 Å². The molecule has 0 amide bonds. The first-order valence-electron chi connectivity index (χ1n) is 16.7. The number of allylic oxidation sites excluding steroid dienone is 7. The number of hydrogen-bond acceptors (Lipinski definition) is 7. The van der Waals surface area contributed by atoms with E-state index in [9.17, 15) is 24.9 Å². The molecule has 0 rings (SSSR count). The molecule has 0 saturated heterocycles. The summed E-state index contributed by atoms with van der Waals surface area (Å²) in [6.45, 7) is 6.00. The van der Waals surface area contributed by atoms with E-state index in [-0.39, 0.29) is 19.4 Å². The van der Waals surface area contributed by atoms with E-state index in [4.69, 9.17) is 9.47 Å². The molecule has 7 nitrogen and oxygen atoms in total. The van der Waals surface area contributed by atoms with Gasteiger partial charge in [0.1, 0.15) is 6.61 Å². The summed E-state index contributed by atoms with van der Waals surface area (Å²) >= 11 is 0. The summed E-state index contributed by atoms with van der Waals surface area (Å²) in [4.78, 5) is 24.1. The van der Waals surface area contributed by atoms with Gasteiger partial charge in [-0.15, -0.1) is 0 Å². The number of ether oxygens (including phenoxy) is 2. The molecule has 3 N–H and O–H groups in total. The van der Waals surface area contributed by atoms with Crippen LogP contribution in [-0.4, -0.2) is 58.8 Å². The van der Waals surface area contributed by atoms with Crippen LogP contribution in [0.2, 0.25) is 0 Å². The van der Waals surface area contributed by atoms with Gasteiger partial charge >= 0.3 is 11.9 Å². The average molecular weight is 607 g/mol. The van der Waals surface area contributed by atoms with Gasteiger partial charge in [-0.1, -0.05) is 114 Å². The molecule has 0 unspecified atom stereocenters. The molecule has 0 fully saturated rings. The van der Waals surface area contributed by atoms with Crippen LogP contribution in [0.1, 0.15) is 130 Å². The Morgan fingerprint density at radius 2 is 1.19 bits per heavy atom. The molecule has 248 valence electrons. The molecule has 0 aliphatic carbocycles. The lowest BCUT2D eigenvalue weighted by Gasteiger charge is -2.17. The summed E-state index contributed by atoms with van der Waals surface area (Å²) in [6, 6.07) is 0. The van der Waals surface area contributed by atoms with Crippen molar-refractivity contribution in [3.63, 3.8) is 0 Å². The van der Waals surface area contributed by atoms with Crippen LogP contribution in [0.3, 0.4) is 0 Å². The third-order valence-corrected chi connectivity index (χ3v) is 7.02. The molecular weight excluding hydrogens is 544 g/mol. The zero-order chi connectivity index (χ0) is 32.0. The highest BCUT2D eigenvalue weighted by Crippen LogP contribution is 2.13. The maximum atomic E-state index is 12.1. The van der Waals surface area contributed by atoms with Crippen LogP contribution in [0.25, 0.3) is 0 Å². The fourth-order valence-electron chi connectivity index (χ4n) is 4.35. The molecule has 0 aliphatic heterocycles. The number of aliphatic hydroxyl groups is 3. The van der Waals surface area contributed by atoms with E-state index in [2.05, 4.69) is 57.2 Å². The van der Waals surface area contributed by atoms with E-state index in [1.807, 2.05) is 12.2 Å². The van der Waals surface area contributed by atoms with E-state index < -0.39 is 36.9 Å². The SMILES string of the molecule is CC/C=C\C/C=C\C/C=C\C/C=C\C[C@H](O)[C@@H](O)CCCC(=O)OC[C@H](CO)OC(=O)CCCCCCCCCC(C)C. The van der Waals surface area contributed by atoms with Gasteiger partial charge in [0.05, 0.1) is 18.8 Å². The number of esters is 2. The van der Waals surface area contributed by atoms with Crippen molar-refractivity contribution in [3.8, 4) is 0 Å². The number of aliphatic hydroxyl groups excluding tert-OH is 3. The van der Waals surface area contributed by atoms with Gasteiger partial charge in [-0.2, -0.15) is 0 Å². The van der Waals surface area contributed by atoms with Crippen LogP contribution in [0, 0.1) is 5.92 Å². The van der Waals surface area contributed by atoms with Crippen molar-refractivity contribution in [1.82, 2.24) is 0 Å². The second-order valence-corrected chi connectivity index (χ2v) is 11.6. The van der Waals surface area contributed by atoms with Crippen molar-refractivity contribution in [2.24, 2.45) is 5.92 Å². The first-order valence-corrected chi connectivity index (χ1v) is 16.7. The zero-order valence-corrected chi connectivity index (χ0v) is 27.3. The van der Waals surface area contributed by atoms with Gasteiger partial charge < -0.3 is 24.8 Å². The maximum Gasteiger partial charge on any atom is 0.306 e. The number of hydrogen-bond donors (Lipinski definition) is 3. The van der Waals surface area contributed by atoms with Crippen molar-refractivity contribution < 1.29 is 34.4 Å². The predicted molar refractivity (Wildman–Crippen MR) is 175 cm³/mol. The van der Waals surface area contributed by atoms with Crippen LogP contribution in [0.5, 0.6) is 0 Å². The van der Waals surface area contributed by atoms with Gasteiger partial charge in [-0.25, -0.2) is 0 Å². The lowest BCUT2D eigenvalue weighted by molar-refractivity contribution is -0.161. The van der Waals surface area contributed by atoms with Gasteiger partial charge in [0.25, 0.3) is 0 Å². The van der Waals surface area contributed by atoms with Gasteiger partial charge in [-0.3, -0.25) is 9.59 Å². The van der Waals surface area contributed by atoms with E-state index in [0.29, 0.717) is 19.3 Å². The van der Waals surface area contributed by atoms with Crippen LogP contribution in [0.4, 0.5) is 0 Å². The van der Waals surface area contributed by atoms with Crippen molar-refractivity contribution in [2.75, 3.05) is 13.2 Å². The summed E-state index contributed by atoms with van der Waals surface area (Å²) in [7, 11) is 0. The molecule has 0 aromatic rings. The molecule has 3 atom stereocenters. The number of carbonyl (C=O) groups excluding carboxylic acids is 2. The average Bonchev–Trinajstić information content (AvgIpc) is 2.98. The second kappa shape index (κ2) is 29.8.